The van der Waals surface area contributed by atoms with E-state index >= 15 is 0 Å². The largest absolute Gasteiger partial charge is 0.324 e. The minimum atomic E-state index is 0.102. The highest BCUT2D eigenvalue weighted by Gasteiger charge is 2.01. The molecule has 2 heteroatoms. The van der Waals surface area contributed by atoms with Crippen molar-refractivity contribution in [3.63, 3.8) is 0 Å². The molecule has 0 amide bonds. The Balaban J connectivity index is 3.51. The van der Waals surface area contributed by atoms with Crippen molar-refractivity contribution in [2.75, 3.05) is 12.0 Å². The van der Waals surface area contributed by atoms with Crippen molar-refractivity contribution in [3.8, 4) is 0 Å². The van der Waals surface area contributed by atoms with Crippen LogP contribution in [0.25, 0.3) is 0 Å². The maximum absolute atomic E-state index is 5.73. The summed E-state index contributed by atoms with van der Waals surface area (Å²) in [5.74, 6) is 1.09. The topological polar surface area (TPSA) is 26.0 Å². The molecule has 2 N–H and O–H groups in total. The summed E-state index contributed by atoms with van der Waals surface area (Å²) in [7, 11) is 0. The van der Waals surface area contributed by atoms with Gasteiger partial charge in [0.2, 0.25) is 0 Å². The van der Waals surface area contributed by atoms with Crippen LogP contribution in [-0.4, -0.2) is 18.1 Å². The van der Waals surface area contributed by atoms with Crippen LogP contribution in [0.4, 0.5) is 0 Å². The Labute approximate surface area is 67.4 Å². The third kappa shape index (κ3) is 3.75. The van der Waals surface area contributed by atoms with E-state index in [0.717, 1.165) is 17.7 Å². The van der Waals surface area contributed by atoms with E-state index in [2.05, 4.69) is 19.4 Å². The predicted octanol–water partition coefficient (Wildman–Crippen LogP) is 1.81. The third-order valence-electron chi connectivity index (χ3n) is 1.37. The molecule has 0 aliphatic heterocycles. The standard InChI is InChI=1S/C8H15NS/c1-4-7(2)8(9)5-6-10-3/h4,8H,1-2,5-6,9H2,3H3/t8-/m0/s1. The first-order valence-electron chi connectivity index (χ1n) is 3.28. The highest BCUT2D eigenvalue weighted by Crippen LogP contribution is 2.05. The van der Waals surface area contributed by atoms with E-state index in [9.17, 15) is 0 Å². The van der Waals surface area contributed by atoms with Crippen LogP contribution in [0.3, 0.4) is 0 Å². The van der Waals surface area contributed by atoms with Gasteiger partial charge in [0.05, 0.1) is 0 Å². The molecular weight excluding hydrogens is 142 g/mol. The lowest BCUT2D eigenvalue weighted by atomic mass is 10.1. The number of hydrogen-bond acceptors (Lipinski definition) is 2. The van der Waals surface area contributed by atoms with E-state index in [-0.39, 0.29) is 6.04 Å². The van der Waals surface area contributed by atoms with Gasteiger partial charge >= 0.3 is 0 Å². The Morgan fingerprint density at radius 3 is 2.80 bits per heavy atom. The van der Waals surface area contributed by atoms with E-state index in [1.807, 2.05) is 0 Å². The van der Waals surface area contributed by atoms with E-state index in [0.29, 0.717) is 0 Å². The van der Waals surface area contributed by atoms with Crippen molar-refractivity contribution in [2.45, 2.75) is 12.5 Å². The summed E-state index contributed by atoms with van der Waals surface area (Å²) in [4.78, 5) is 0. The van der Waals surface area contributed by atoms with Gasteiger partial charge in [0.15, 0.2) is 0 Å². The molecule has 0 aliphatic carbocycles. The molecule has 0 radical (unpaired) electrons. The van der Waals surface area contributed by atoms with Gasteiger partial charge in [-0.3, -0.25) is 0 Å². The molecule has 0 heterocycles. The molecule has 0 fully saturated rings. The van der Waals surface area contributed by atoms with Crippen molar-refractivity contribution in [1.29, 1.82) is 0 Å². The van der Waals surface area contributed by atoms with Crippen LogP contribution in [0.5, 0.6) is 0 Å². The quantitative estimate of drug-likeness (QED) is 0.616. The Bertz CT molecular complexity index is 120. The summed E-state index contributed by atoms with van der Waals surface area (Å²) in [6.07, 6.45) is 4.79. The molecule has 0 bridgehead atoms. The molecule has 1 nitrogen and oxygen atoms in total. The van der Waals surface area contributed by atoms with Crippen LogP contribution < -0.4 is 5.73 Å². The lowest BCUT2D eigenvalue weighted by molar-refractivity contribution is 0.766. The van der Waals surface area contributed by atoms with Gasteiger partial charge in [0.25, 0.3) is 0 Å². The van der Waals surface area contributed by atoms with Crippen LogP contribution in [-0.2, 0) is 0 Å². The number of rotatable bonds is 5. The molecule has 0 aromatic rings. The number of hydrogen-bond donors (Lipinski definition) is 1. The van der Waals surface area contributed by atoms with Crippen molar-refractivity contribution < 1.29 is 0 Å². The van der Waals surface area contributed by atoms with Crippen molar-refractivity contribution in [3.05, 3.63) is 24.8 Å². The molecule has 0 rings (SSSR count). The molecule has 10 heavy (non-hydrogen) atoms. The van der Waals surface area contributed by atoms with Crippen LogP contribution in [0.15, 0.2) is 24.8 Å². The Hall–Kier alpha value is -0.210. The molecule has 58 valence electrons. The molecule has 1 atom stereocenters. The van der Waals surface area contributed by atoms with Crippen molar-refractivity contribution in [1.82, 2.24) is 0 Å². The zero-order valence-electron chi connectivity index (χ0n) is 6.47. The van der Waals surface area contributed by atoms with Gasteiger partial charge in [-0.25, -0.2) is 0 Å². The van der Waals surface area contributed by atoms with Crippen molar-refractivity contribution in [2.24, 2.45) is 5.73 Å². The van der Waals surface area contributed by atoms with E-state index in [4.69, 9.17) is 5.73 Å². The normalized spacial score (nSPS) is 12.6. The summed E-state index contributed by atoms with van der Waals surface area (Å²) < 4.78 is 0. The molecule has 0 unspecified atom stereocenters. The van der Waals surface area contributed by atoms with Gasteiger partial charge in [-0.15, -0.1) is 0 Å². The van der Waals surface area contributed by atoms with Gasteiger partial charge in [-0.1, -0.05) is 19.2 Å². The molecule has 0 aromatic carbocycles. The second kappa shape index (κ2) is 5.57. The zero-order valence-corrected chi connectivity index (χ0v) is 7.29. The van der Waals surface area contributed by atoms with Gasteiger partial charge in [-0.2, -0.15) is 11.8 Å². The van der Waals surface area contributed by atoms with Crippen LogP contribution in [0.1, 0.15) is 6.42 Å². The summed E-state index contributed by atoms with van der Waals surface area (Å²) in [5, 5.41) is 0. The molecule has 0 aliphatic rings. The summed E-state index contributed by atoms with van der Waals surface area (Å²) >= 11 is 1.80. The minimum Gasteiger partial charge on any atom is -0.324 e. The first kappa shape index (κ1) is 9.79. The van der Waals surface area contributed by atoms with Crippen molar-refractivity contribution >= 4 is 11.8 Å². The number of nitrogens with two attached hydrogens (primary N) is 1. The maximum Gasteiger partial charge on any atom is 0.0296 e. The fourth-order valence-corrected chi connectivity index (χ4v) is 1.07. The monoisotopic (exact) mass is 157 g/mol. The first-order chi connectivity index (χ1) is 4.72. The molecule has 0 saturated carbocycles. The zero-order chi connectivity index (χ0) is 7.98. The second-order valence-electron chi connectivity index (χ2n) is 2.17. The summed E-state index contributed by atoms with van der Waals surface area (Å²) in [6, 6.07) is 0.102. The SMILES string of the molecule is C=CC(=C)[C@@H](N)CCSC. The average molecular weight is 157 g/mol. The maximum atomic E-state index is 5.73. The van der Waals surface area contributed by atoms with Crippen LogP contribution in [0.2, 0.25) is 0 Å². The lowest BCUT2D eigenvalue weighted by Gasteiger charge is -2.09. The molecular formula is C8H15NS. The molecule has 0 spiro atoms. The van der Waals surface area contributed by atoms with Gasteiger partial charge in [0.1, 0.15) is 0 Å². The molecule has 0 saturated heterocycles. The van der Waals surface area contributed by atoms with E-state index in [1.54, 1.807) is 17.8 Å². The summed E-state index contributed by atoms with van der Waals surface area (Å²) in [5.41, 5.74) is 6.67. The molecule has 0 aromatic heterocycles. The predicted molar refractivity (Wildman–Crippen MR) is 50.3 cm³/mol. The highest BCUT2D eigenvalue weighted by molar-refractivity contribution is 7.98. The first-order valence-corrected chi connectivity index (χ1v) is 4.67. The lowest BCUT2D eigenvalue weighted by Crippen LogP contribution is -2.21. The van der Waals surface area contributed by atoms with Crippen LogP contribution >= 0.6 is 11.8 Å². The third-order valence-corrected chi connectivity index (χ3v) is 2.02. The minimum absolute atomic E-state index is 0.102. The Kier molecular flexibility index (Phi) is 5.45. The van der Waals surface area contributed by atoms with E-state index < -0.39 is 0 Å². The average Bonchev–Trinajstić information content (AvgIpc) is 1.98. The van der Waals surface area contributed by atoms with E-state index in [1.165, 1.54) is 0 Å². The summed E-state index contributed by atoms with van der Waals surface area (Å²) in [6.45, 7) is 7.38. The smallest absolute Gasteiger partial charge is 0.0296 e. The Morgan fingerprint density at radius 2 is 2.40 bits per heavy atom. The van der Waals surface area contributed by atoms with Gasteiger partial charge in [-0.05, 0) is 24.0 Å². The number of thioether (sulfide) groups is 1. The van der Waals surface area contributed by atoms with Crippen LogP contribution in [0, 0.1) is 0 Å². The second-order valence-corrected chi connectivity index (χ2v) is 3.15. The van der Waals surface area contributed by atoms with Gasteiger partial charge < -0.3 is 5.73 Å². The van der Waals surface area contributed by atoms with Gasteiger partial charge in [0, 0.05) is 6.04 Å². The Morgan fingerprint density at radius 1 is 1.80 bits per heavy atom. The fourth-order valence-electron chi connectivity index (χ4n) is 0.582. The fraction of sp³-hybridized carbons (Fsp3) is 0.500. The highest BCUT2D eigenvalue weighted by atomic mass is 32.2.